The molecular formula is C27H35N. The monoisotopic (exact) mass is 373 g/mol. The van der Waals surface area contributed by atoms with Gasteiger partial charge in [0.25, 0.3) is 0 Å². The fraction of sp³-hybridized carbons (Fsp3) is 0.407. The van der Waals surface area contributed by atoms with Gasteiger partial charge in [0.15, 0.2) is 0 Å². The molecule has 0 aliphatic heterocycles. The quantitative estimate of drug-likeness (QED) is 0.484. The van der Waals surface area contributed by atoms with Crippen LogP contribution in [0.25, 0.3) is 0 Å². The highest BCUT2D eigenvalue weighted by Crippen LogP contribution is 2.40. The summed E-state index contributed by atoms with van der Waals surface area (Å²) in [5, 5.41) is 0. The Kier molecular flexibility index (Phi) is 6.91. The summed E-state index contributed by atoms with van der Waals surface area (Å²) in [4.78, 5) is 2.35. The zero-order chi connectivity index (χ0) is 20.1. The van der Waals surface area contributed by atoms with Crippen molar-refractivity contribution in [1.82, 2.24) is 4.90 Å². The van der Waals surface area contributed by atoms with E-state index in [9.17, 15) is 0 Å². The molecule has 0 N–H and O–H groups in total. The zero-order valence-electron chi connectivity index (χ0n) is 18.2. The van der Waals surface area contributed by atoms with Crippen LogP contribution in [0.15, 0.2) is 83.5 Å². The number of allylic oxidation sites excluding steroid dienone is 3. The van der Waals surface area contributed by atoms with Crippen LogP contribution in [0.5, 0.6) is 0 Å². The van der Waals surface area contributed by atoms with Crippen LogP contribution in [0.3, 0.4) is 0 Å². The van der Waals surface area contributed by atoms with Crippen molar-refractivity contribution in [3.63, 3.8) is 0 Å². The van der Waals surface area contributed by atoms with E-state index in [-0.39, 0.29) is 0 Å². The lowest BCUT2D eigenvalue weighted by Crippen LogP contribution is -2.27. The molecule has 0 radical (unpaired) electrons. The summed E-state index contributed by atoms with van der Waals surface area (Å²) in [6, 6.07) is 22.4. The zero-order valence-corrected chi connectivity index (χ0v) is 18.2. The first-order valence-corrected chi connectivity index (χ1v) is 10.6. The maximum atomic E-state index is 2.50. The van der Waals surface area contributed by atoms with Crippen LogP contribution in [0.1, 0.15) is 63.0 Å². The van der Waals surface area contributed by atoms with Crippen LogP contribution in [0.4, 0.5) is 0 Å². The molecule has 0 fully saturated rings. The van der Waals surface area contributed by atoms with E-state index >= 15 is 0 Å². The minimum atomic E-state index is 0.485. The van der Waals surface area contributed by atoms with Gasteiger partial charge in [0.1, 0.15) is 0 Å². The summed E-state index contributed by atoms with van der Waals surface area (Å²) in [5.74, 6) is 1.08. The molecule has 2 aromatic rings. The van der Waals surface area contributed by atoms with Crippen molar-refractivity contribution in [2.24, 2.45) is 0 Å². The SMILES string of the molecule is CC(CC1=CCC(C(C)N(C)C)=C1CC(C)c1ccccc1)c1ccccc1. The van der Waals surface area contributed by atoms with Crippen molar-refractivity contribution in [3.05, 3.63) is 94.6 Å². The fourth-order valence-corrected chi connectivity index (χ4v) is 4.32. The van der Waals surface area contributed by atoms with Gasteiger partial charge in [-0.1, -0.05) is 80.6 Å². The Morgan fingerprint density at radius 1 is 0.750 bits per heavy atom. The van der Waals surface area contributed by atoms with E-state index < -0.39 is 0 Å². The maximum Gasteiger partial charge on any atom is 0.0282 e. The molecule has 1 aliphatic carbocycles. The summed E-state index contributed by atoms with van der Waals surface area (Å²) in [6.07, 6.45) is 5.87. The lowest BCUT2D eigenvalue weighted by Gasteiger charge is -2.26. The smallest absolute Gasteiger partial charge is 0.0282 e. The standard InChI is InChI=1S/C27H35N/c1-20(23-12-8-6-9-13-23)18-25-16-17-26(22(3)28(4)5)27(25)19-21(2)24-14-10-7-11-15-24/h6-16,20-22H,17-19H2,1-5H3. The van der Waals surface area contributed by atoms with E-state index in [0.29, 0.717) is 17.9 Å². The molecule has 0 amide bonds. The number of rotatable bonds is 8. The van der Waals surface area contributed by atoms with Crippen LogP contribution in [0.2, 0.25) is 0 Å². The molecule has 1 aliphatic rings. The summed E-state index contributed by atoms with van der Waals surface area (Å²) < 4.78 is 0. The second kappa shape index (κ2) is 9.39. The number of nitrogens with zero attached hydrogens (tertiary/aromatic N) is 1. The van der Waals surface area contributed by atoms with E-state index in [1.165, 1.54) is 11.1 Å². The average molecular weight is 374 g/mol. The van der Waals surface area contributed by atoms with Crippen LogP contribution in [0, 0.1) is 0 Å². The van der Waals surface area contributed by atoms with Crippen molar-refractivity contribution in [1.29, 1.82) is 0 Å². The molecule has 1 nitrogen and oxygen atoms in total. The highest BCUT2D eigenvalue weighted by atomic mass is 15.1. The van der Waals surface area contributed by atoms with Gasteiger partial charge in [-0.25, -0.2) is 0 Å². The Balaban J connectivity index is 1.84. The Labute approximate surface area is 171 Å². The molecule has 3 unspecified atom stereocenters. The summed E-state index contributed by atoms with van der Waals surface area (Å²) >= 11 is 0. The molecule has 0 spiro atoms. The fourth-order valence-electron chi connectivity index (χ4n) is 4.32. The van der Waals surface area contributed by atoms with Crippen molar-refractivity contribution in [2.45, 2.75) is 57.9 Å². The highest BCUT2D eigenvalue weighted by Gasteiger charge is 2.25. The number of benzene rings is 2. The Morgan fingerprint density at radius 3 is 1.75 bits per heavy atom. The van der Waals surface area contributed by atoms with E-state index in [0.717, 1.165) is 19.3 Å². The Morgan fingerprint density at radius 2 is 1.25 bits per heavy atom. The molecule has 0 aromatic heterocycles. The minimum Gasteiger partial charge on any atom is -0.303 e. The average Bonchev–Trinajstić information content (AvgIpc) is 3.10. The summed E-state index contributed by atoms with van der Waals surface area (Å²) in [6.45, 7) is 7.08. The molecule has 0 saturated heterocycles. The predicted molar refractivity (Wildman–Crippen MR) is 122 cm³/mol. The maximum absolute atomic E-state index is 2.50. The lowest BCUT2D eigenvalue weighted by molar-refractivity contribution is 0.346. The molecule has 3 rings (SSSR count). The first-order chi connectivity index (χ1) is 13.5. The van der Waals surface area contributed by atoms with Gasteiger partial charge in [-0.05, 0) is 80.0 Å². The van der Waals surface area contributed by atoms with Crippen LogP contribution < -0.4 is 0 Å². The summed E-state index contributed by atoms with van der Waals surface area (Å²) in [7, 11) is 4.39. The molecule has 1 heteroatoms. The highest BCUT2D eigenvalue weighted by molar-refractivity contribution is 5.46. The topological polar surface area (TPSA) is 3.24 Å². The molecular weight excluding hydrogens is 338 g/mol. The lowest BCUT2D eigenvalue weighted by atomic mass is 9.84. The van der Waals surface area contributed by atoms with Gasteiger partial charge in [-0.15, -0.1) is 0 Å². The van der Waals surface area contributed by atoms with Gasteiger partial charge in [-0.2, -0.15) is 0 Å². The Bertz CT molecular complexity index is 814. The van der Waals surface area contributed by atoms with E-state index in [1.54, 1.807) is 16.7 Å². The molecule has 3 atom stereocenters. The van der Waals surface area contributed by atoms with Gasteiger partial charge < -0.3 is 4.90 Å². The second-order valence-electron chi connectivity index (χ2n) is 8.61. The molecule has 28 heavy (non-hydrogen) atoms. The van der Waals surface area contributed by atoms with Crippen LogP contribution in [-0.2, 0) is 0 Å². The first kappa shape index (κ1) is 20.6. The summed E-state index contributed by atoms with van der Waals surface area (Å²) in [5.41, 5.74) is 7.67. The third kappa shape index (κ3) is 4.83. The molecule has 148 valence electrons. The third-order valence-corrected chi connectivity index (χ3v) is 6.40. The normalized spacial score (nSPS) is 17.6. The van der Waals surface area contributed by atoms with Gasteiger partial charge in [0, 0.05) is 6.04 Å². The molecule has 0 saturated carbocycles. The number of hydrogen-bond donors (Lipinski definition) is 0. The van der Waals surface area contributed by atoms with Crippen molar-refractivity contribution < 1.29 is 0 Å². The number of hydrogen-bond acceptors (Lipinski definition) is 1. The molecule has 0 heterocycles. The Hall–Kier alpha value is -2.12. The molecule has 0 bridgehead atoms. The second-order valence-corrected chi connectivity index (χ2v) is 8.61. The van der Waals surface area contributed by atoms with Crippen LogP contribution in [-0.4, -0.2) is 25.0 Å². The van der Waals surface area contributed by atoms with Crippen LogP contribution >= 0.6 is 0 Å². The van der Waals surface area contributed by atoms with Crippen molar-refractivity contribution in [2.75, 3.05) is 14.1 Å². The van der Waals surface area contributed by atoms with E-state index in [1.807, 2.05) is 0 Å². The van der Waals surface area contributed by atoms with Gasteiger partial charge in [0.2, 0.25) is 0 Å². The van der Waals surface area contributed by atoms with Gasteiger partial charge >= 0.3 is 0 Å². The van der Waals surface area contributed by atoms with Crippen molar-refractivity contribution in [3.8, 4) is 0 Å². The van der Waals surface area contributed by atoms with Crippen molar-refractivity contribution >= 4 is 0 Å². The van der Waals surface area contributed by atoms with E-state index in [4.69, 9.17) is 0 Å². The number of likely N-dealkylation sites (N-methyl/N-ethyl adjacent to an activating group) is 1. The van der Waals surface area contributed by atoms with Gasteiger partial charge in [-0.3, -0.25) is 0 Å². The predicted octanol–water partition coefficient (Wildman–Crippen LogP) is 6.95. The largest absolute Gasteiger partial charge is 0.303 e. The minimum absolute atomic E-state index is 0.485. The van der Waals surface area contributed by atoms with Gasteiger partial charge in [0.05, 0.1) is 0 Å². The van der Waals surface area contributed by atoms with E-state index in [2.05, 4.69) is 107 Å². The third-order valence-electron chi connectivity index (χ3n) is 6.40. The molecule has 2 aromatic carbocycles. The first-order valence-electron chi connectivity index (χ1n) is 10.6.